The van der Waals surface area contributed by atoms with Gasteiger partial charge in [0.2, 0.25) is 0 Å². The number of nitrogens with one attached hydrogen (secondary N) is 1. The molecule has 0 aliphatic carbocycles. The Morgan fingerprint density at radius 1 is 1.33 bits per heavy atom. The molecular weight excluding hydrogens is 262 g/mol. The van der Waals surface area contributed by atoms with Crippen LogP contribution in [-0.2, 0) is 13.1 Å². The first-order valence-corrected chi connectivity index (χ1v) is 8.21. The maximum atomic E-state index is 5.48. The highest BCUT2D eigenvalue weighted by Crippen LogP contribution is 2.34. The number of aromatic nitrogens is 1. The summed E-state index contributed by atoms with van der Waals surface area (Å²) in [4.78, 5) is 2.49. The van der Waals surface area contributed by atoms with Crippen LogP contribution in [0.1, 0.15) is 65.3 Å². The van der Waals surface area contributed by atoms with E-state index in [0.29, 0.717) is 5.41 Å². The Hall–Kier alpha value is -0.870. The van der Waals surface area contributed by atoms with Gasteiger partial charge in [0.15, 0.2) is 5.76 Å². The van der Waals surface area contributed by atoms with Crippen molar-refractivity contribution in [3.63, 3.8) is 0 Å². The fourth-order valence-electron chi connectivity index (χ4n) is 2.69. The zero-order valence-electron chi connectivity index (χ0n) is 14.3. The van der Waals surface area contributed by atoms with Crippen molar-refractivity contribution in [3.8, 4) is 0 Å². The number of hydrogen-bond acceptors (Lipinski definition) is 4. The standard InChI is InChI=1S/C17H31N3O/c1-6-17(5)7-9-20(10-8-17)13-15-11-14(19-21-15)12-18-16(2,3)4/h11,18H,6-10,12-13H2,1-5H3. The Bertz CT molecular complexity index is 439. The van der Waals surface area contributed by atoms with Gasteiger partial charge in [-0.2, -0.15) is 0 Å². The van der Waals surface area contributed by atoms with E-state index in [0.717, 1.165) is 24.5 Å². The van der Waals surface area contributed by atoms with E-state index in [1.165, 1.54) is 32.4 Å². The first-order valence-electron chi connectivity index (χ1n) is 8.21. The highest BCUT2D eigenvalue weighted by Gasteiger charge is 2.28. The van der Waals surface area contributed by atoms with Crippen molar-refractivity contribution in [1.82, 2.24) is 15.4 Å². The Morgan fingerprint density at radius 2 is 2.00 bits per heavy atom. The molecule has 0 amide bonds. The van der Waals surface area contributed by atoms with Crippen molar-refractivity contribution >= 4 is 0 Å². The lowest BCUT2D eigenvalue weighted by Gasteiger charge is -2.38. The number of piperidine rings is 1. The van der Waals surface area contributed by atoms with Crippen LogP contribution in [0.25, 0.3) is 0 Å². The van der Waals surface area contributed by atoms with E-state index in [9.17, 15) is 0 Å². The number of hydrogen-bond donors (Lipinski definition) is 1. The van der Waals surface area contributed by atoms with Crippen LogP contribution in [0.4, 0.5) is 0 Å². The first-order chi connectivity index (χ1) is 9.80. The molecule has 1 N–H and O–H groups in total. The lowest BCUT2D eigenvalue weighted by molar-refractivity contribution is 0.102. The number of likely N-dealkylation sites (tertiary alicyclic amines) is 1. The second-order valence-electron chi connectivity index (χ2n) is 7.83. The van der Waals surface area contributed by atoms with Crippen LogP contribution in [0, 0.1) is 5.41 Å². The quantitative estimate of drug-likeness (QED) is 0.901. The van der Waals surface area contributed by atoms with Crippen molar-refractivity contribution in [2.75, 3.05) is 13.1 Å². The molecular formula is C17H31N3O. The summed E-state index contributed by atoms with van der Waals surface area (Å²) >= 11 is 0. The monoisotopic (exact) mass is 293 g/mol. The van der Waals surface area contributed by atoms with Crippen LogP contribution in [0.3, 0.4) is 0 Å². The van der Waals surface area contributed by atoms with Crippen molar-refractivity contribution in [1.29, 1.82) is 0 Å². The molecule has 1 saturated heterocycles. The largest absolute Gasteiger partial charge is 0.360 e. The summed E-state index contributed by atoms with van der Waals surface area (Å²) in [5.41, 5.74) is 1.64. The predicted molar refractivity (Wildman–Crippen MR) is 86.0 cm³/mol. The molecule has 4 heteroatoms. The molecule has 1 aliphatic heterocycles. The Kier molecular flexibility index (Phi) is 5.10. The maximum absolute atomic E-state index is 5.48. The van der Waals surface area contributed by atoms with Gasteiger partial charge in [-0.1, -0.05) is 25.4 Å². The van der Waals surface area contributed by atoms with Crippen molar-refractivity contribution < 1.29 is 4.52 Å². The predicted octanol–water partition coefficient (Wildman–Crippen LogP) is 3.57. The van der Waals surface area contributed by atoms with E-state index in [1.54, 1.807) is 0 Å². The summed E-state index contributed by atoms with van der Waals surface area (Å²) in [6.07, 6.45) is 3.86. The van der Waals surface area contributed by atoms with Crippen molar-refractivity contribution in [2.24, 2.45) is 5.41 Å². The van der Waals surface area contributed by atoms with E-state index < -0.39 is 0 Å². The second kappa shape index (κ2) is 6.49. The molecule has 1 aromatic rings. The van der Waals surface area contributed by atoms with Crippen LogP contribution in [0.15, 0.2) is 10.6 Å². The minimum Gasteiger partial charge on any atom is -0.360 e. The Labute approximate surface area is 129 Å². The molecule has 0 spiro atoms. The highest BCUT2D eigenvalue weighted by atomic mass is 16.5. The Balaban J connectivity index is 1.81. The fraction of sp³-hybridized carbons (Fsp3) is 0.824. The summed E-state index contributed by atoms with van der Waals surface area (Å²) in [6, 6.07) is 2.09. The number of nitrogens with zero attached hydrogens (tertiary/aromatic N) is 2. The molecule has 0 atom stereocenters. The third kappa shape index (κ3) is 5.11. The summed E-state index contributed by atoms with van der Waals surface area (Å²) in [7, 11) is 0. The average molecular weight is 293 g/mol. The molecule has 120 valence electrons. The summed E-state index contributed by atoms with van der Waals surface area (Å²) < 4.78 is 5.48. The van der Waals surface area contributed by atoms with Gasteiger partial charge in [0.25, 0.3) is 0 Å². The molecule has 0 bridgehead atoms. The lowest BCUT2D eigenvalue weighted by Crippen LogP contribution is -2.37. The molecule has 4 nitrogen and oxygen atoms in total. The normalized spacial score (nSPS) is 19.9. The van der Waals surface area contributed by atoms with Crippen molar-refractivity contribution in [2.45, 2.75) is 72.5 Å². The van der Waals surface area contributed by atoms with Gasteiger partial charge in [0.05, 0.1) is 12.2 Å². The summed E-state index contributed by atoms with van der Waals surface area (Å²) in [5.74, 6) is 0.987. The van der Waals surface area contributed by atoms with Crippen molar-refractivity contribution in [3.05, 3.63) is 17.5 Å². The molecule has 0 saturated carbocycles. The van der Waals surface area contributed by atoms with E-state index in [4.69, 9.17) is 4.52 Å². The van der Waals surface area contributed by atoms with Crippen LogP contribution in [0.2, 0.25) is 0 Å². The van der Waals surface area contributed by atoms with E-state index in [1.807, 2.05) is 0 Å². The van der Waals surface area contributed by atoms with Gasteiger partial charge in [-0.05, 0) is 52.1 Å². The molecule has 0 unspecified atom stereocenters. The molecule has 1 fully saturated rings. The maximum Gasteiger partial charge on any atom is 0.151 e. The van der Waals surface area contributed by atoms with Crippen LogP contribution in [0.5, 0.6) is 0 Å². The smallest absolute Gasteiger partial charge is 0.151 e. The fourth-order valence-corrected chi connectivity index (χ4v) is 2.69. The van der Waals surface area contributed by atoms with E-state index in [-0.39, 0.29) is 5.54 Å². The van der Waals surface area contributed by atoms with Gasteiger partial charge in [0, 0.05) is 18.2 Å². The van der Waals surface area contributed by atoms with Crippen LogP contribution in [-0.4, -0.2) is 28.7 Å². The molecule has 2 heterocycles. The Morgan fingerprint density at radius 3 is 2.57 bits per heavy atom. The summed E-state index contributed by atoms with van der Waals surface area (Å²) in [5, 5.41) is 7.60. The first kappa shape index (κ1) is 16.5. The SMILES string of the molecule is CCC1(C)CCN(Cc2cc(CNC(C)(C)C)no2)CC1. The molecule has 1 aromatic heterocycles. The van der Waals surface area contributed by atoms with Gasteiger partial charge in [-0.3, -0.25) is 4.90 Å². The van der Waals surface area contributed by atoms with Crippen LogP contribution < -0.4 is 5.32 Å². The third-order valence-electron chi connectivity index (χ3n) is 4.70. The van der Waals surface area contributed by atoms with E-state index in [2.05, 4.69) is 56.1 Å². The molecule has 0 aromatic carbocycles. The molecule has 21 heavy (non-hydrogen) atoms. The van der Waals surface area contributed by atoms with Gasteiger partial charge in [-0.15, -0.1) is 0 Å². The molecule has 0 radical (unpaired) electrons. The third-order valence-corrected chi connectivity index (χ3v) is 4.70. The van der Waals surface area contributed by atoms with Gasteiger partial charge in [0.1, 0.15) is 0 Å². The number of rotatable bonds is 5. The summed E-state index contributed by atoms with van der Waals surface area (Å²) in [6.45, 7) is 15.2. The second-order valence-corrected chi connectivity index (χ2v) is 7.83. The minimum absolute atomic E-state index is 0.108. The molecule has 2 rings (SSSR count). The van der Waals surface area contributed by atoms with Gasteiger partial charge < -0.3 is 9.84 Å². The average Bonchev–Trinajstić information content (AvgIpc) is 2.86. The zero-order chi connectivity index (χ0) is 15.5. The van der Waals surface area contributed by atoms with Crippen LogP contribution >= 0.6 is 0 Å². The topological polar surface area (TPSA) is 41.3 Å². The minimum atomic E-state index is 0.108. The molecule has 1 aliphatic rings. The lowest BCUT2D eigenvalue weighted by atomic mass is 9.78. The van der Waals surface area contributed by atoms with Gasteiger partial charge in [-0.25, -0.2) is 0 Å². The highest BCUT2D eigenvalue weighted by molar-refractivity contribution is 5.06. The zero-order valence-corrected chi connectivity index (χ0v) is 14.3. The van der Waals surface area contributed by atoms with Gasteiger partial charge >= 0.3 is 0 Å². The van der Waals surface area contributed by atoms with E-state index >= 15 is 0 Å².